The number of halogens is 7. The molecule has 1 atom stereocenters. The smallest absolute Gasteiger partial charge is 0.490 e. The minimum atomic E-state index is -5.08. The third-order valence-corrected chi connectivity index (χ3v) is 6.93. The van der Waals surface area contributed by atoms with Gasteiger partial charge >= 0.3 is 18.1 Å². The Bertz CT molecular complexity index is 1270. The van der Waals surface area contributed by atoms with Crippen molar-refractivity contribution in [2.24, 2.45) is 0 Å². The van der Waals surface area contributed by atoms with Crippen LogP contribution in [0.25, 0.3) is 0 Å². The highest BCUT2D eigenvalue weighted by atomic mass is 35.5. The minimum absolute atomic E-state index is 0.123. The highest BCUT2D eigenvalue weighted by molar-refractivity contribution is 6.32. The second kappa shape index (κ2) is 13.9. The van der Waals surface area contributed by atoms with Crippen molar-refractivity contribution in [1.29, 1.82) is 0 Å². The van der Waals surface area contributed by atoms with Crippen molar-refractivity contribution in [2.45, 2.75) is 43.6 Å². The van der Waals surface area contributed by atoms with Crippen molar-refractivity contribution >= 4 is 35.1 Å². The van der Waals surface area contributed by atoms with E-state index < -0.39 is 37.3 Å². The summed E-state index contributed by atoms with van der Waals surface area (Å²) in [7, 11) is 0. The van der Waals surface area contributed by atoms with Crippen molar-refractivity contribution in [2.75, 3.05) is 32.8 Å². The summed E-state index contributed by atoms with van der Waals surface area (Å²) < 4.78 is 73.4. The van der Waals surface area contributed by atoms with E-state index in [0.29, 0.717) is 24.7 Å². The number of piperidine rings is 1. The van der Waals surface area contributed by atoms with Crippen LogP contribution < -0.4 is 14.2 Å². The quantitative estimate of drug-likeness (QED) is 0.316. The average molecular weight is 646 g/mol. The number of hydrogen-bond acceptors (Lipinski definition) is 7. The first-order chi connectivity index (χ1) is 19.6. The number of benzene rings is 2. The molecular formula is C26H26Cl2F5NO8. The van der Waals surface area contributed by atoms with Crippen LogP contribution in [-0.4, -0.2) is 89.3 Å². The second-order valence-corrected chi connectivity index (χ2v) is 10.4. The van der Waals surface area contributed by atoms with Gasteiger partial charge in [0.2, 0.25) is 0 Å². The zero-order valence-electron chi connectivity index (χ0n) is 21.7. The van der Waals surface area contributed by atoms with E-state index in [1.54, 1.807) is 0 Å². The van der Waals surface area contributed by atoms with Gasteiger partial charge in [0.25, 0.3) is 6.43 Å². The Morgan fingerprint density at radius 2 is 1.64 bits per heavy atom. The lowest BCUT2D eigenvalue weighted by atomic mass is 9.87. The number of aromatic carboxylic acids is 1. The lowest BCUT2D eigenvalue weighted by molar-refractivity contribution is -0.192. The van der Waals surface area contributed by atoms with E-state index in [-0.39, 0.29) is 34.3 Å². The number of aliphatic hydroxyl groups excluding tert-OH is 1. The van der Waals surface area contributed by atoms with Gasteiger partial charge in [-0.3, -0.25) is 0 Å². The molecule has 232 valence electrons. The van der Waals surface area contributed by atoms with Gasteiger partial charge in [0, 0.05) is 50.0 Å². The summed E-state index contributed by atoms with van der Waals surface area (Å²) >= 11 is 12.0. The average Bonchev–Trinajstić information content (AvgIpc) is 3.24. The highest BCUT2D eigenvalue weighted by Crippen LogP contribution is 2.42. The number of fused-ring (bicyclic) bond motifs is 1. The number of ether oxygens (including phenoxy) is 3. The minimum Gasteiger partial charge on any atom is -0.490 e. The molecule has 0 radical (unpaired) electrons. The first-order valence-electron chi connectivity index (χ1n) is 12.4. The van der Waals surface area contributed by atoms with Gasteiger partial charge in [0.15, 0.2) is 0 Å². The van der Waals surface area contributed by atoms with Crippen LogP contribution in [0, 0.1) is 0 Å². The Labute approximate surface area is 246 Å². The molecule has 16 heteroatoms. The molecule has 0 aromatic heterocycles. The fourth-order valence-electron chi connectivity index (χ4n) is 4.45. The zero-order valence-corrected chi connectivity index (χ0v) is 23.2. The number of carbonyl (C=O) groups is 2. The van der Waals surface area contributed by atoms with Gasteiger partial charge < -0.3 is 34.4 Å². The number of carboxylic acid groups (broad SMARTS) is 2. The maximum atomic E-state index is 12.5. The maximum Gasteiger partial charge on any atom is 0.490 e. The van der Waals surface area contributed by atoms with Crippen molar-refractivity contribution in [3.05, 3.63) is 51.5 Å². The molecule has 2 aliphatic heterocycles. The Balaban J connectivity index is 0.000000616. The van der Waals surface area contributed by atoms with E-state index in [1.165, 1.54) is 0 Å². The van der Waals surface area contributed by atoms with Crippen molar-refractivity contribution in [1.82, 2.24) is 4.90 Å². The van der Waals surface area contributed by atoms with E-state index in [9.17, 15) is 37.0 Å². The lowest BCUT2D eigenvalue weighted by Gasteiger charge is -2.39. The van der Waals surface area contributed by atoms with Gasteiger partial charge in [-0.2, -0.15) is 13.2 Å². The number of hydrogen-bond donors (Lipinski definition) is 3. The van der Waals surface area contributed by atoms with E-state index in [1.807, 2.05) is 18.2 Å². The Morgan fingerprint density at radius 3 is 2.21 bits per heavy atom. The molecule has 1 spiro atoms. The van der Waals surface area contributed by atoms with Crippen LogP contribution in [0.2, 0.25) is 10.0 Å². The molecule has 0 saturated carbocycles. The molecule has 2 heterocycles. The van der Waals surface area contributed by atoms with Crippen LogP contribution in [0.15, 0.2) is 30.3 Å². The number of rotatable bonds is 9. The Morgan fingerprint density at radius 1 is 1.02 bits per heavy atom. The molecule has 42 heavy (non-hydrogen) atoms. The lowest BCUT2D eigenvalue weighted by Crippen LogP contribution is -2.49. The van der Waals surface area contributed by atoms with Crippen molar-refractivity contribution in [3.8, 4) is 17.2 Å². The largest absolute Gasteiger partial charge is 0.490 e. The van der Waals surface area contributed by atoms with Crippen LogP contribution >= 0.6 is 23.2 Å². The van der Waals surface area contributed by atoms with Crippen molar-refractivity contribution < 1.29 is 61.1 Å². The van der Waals surface area contributed by atoms with E-state index in [0.717, 1.165) is 42.7 Å². The molecule has 0 bridgehead atoms. The predicted molar refractivity (Wildman–Crippen MR) is 139 cm³/mol. The SMILES string of the molecule is O=C(O)C(F)(F)F.O=C(O)c1cc(Cl)c(OCC(F)F)cc1OC[C@H](O)CN1CCC2(CC1)Cc1cc(Cl)ccc1O2. The molecule has 1 saturated heterocycles. The summed E-state index contributed by atoms with van der Waals surface area (Å²) in [6.07, 6.45) is -6.34. The van der Waals surface area contributed by atoms with E-state index >= 15 is 0 Å². The molecule has 0 amide bonds. The number of likely N-dealkylation sites (tertiary alicyclic amines) is 1. The highest BCUT2D eigenvalue weighted by Gasteiger charge is 2.42. The van der Waals surface area contributed by atoms with E-state index in [4.69, 9.17) is 47.3 Å². The first kappa shape index (κ1) is 33.4. The van der Waals surface area contributed by atoms with Crippen LogP contribution in [0.4, 0.5) is 22.0 Å². The molecule has 9 nitrogen and oxygen atoms in total. The summed E-state index contributed by atoms with van der Waals surface area (Å²) in [4.78, 5) is 22.5. The van der Waals surface area contributed by atoms with Gasteiger partial charge in [-0.15, -0.1) is 0 Å². The summed E-state index contributed by atoms with van der Waals surface area (Å²) in [5.74, 6) is -3.45. The molecule has 0 unspecified atom stereocenters. The first-order valence-corrected chi connectivity index (χ1v) is 13.1. The fraction of sp³-hybridized carbons (Fsp3) is 0.462. The molecule has 0 aliphatic carbocycles. The van der Waals surface area contributed by atoms with E-state index in [2.05, 4.69) is 4.90 Å². The van der Waals surface area contributed by atoms with Crippen LogP contribution in [0.1, 0.15) is 28.8 Å². The third kappa shape index (κ3) is 9.21. The van der Waals surface area contributed by atoms with Gasteiger partial charge in [0.05, 0.1) is 5.02 Å². The molecule has 2 aliphatic rings. The van der Waals surface area contributed by atoms with Crippen molar-refractivity contribution in [3.63, 3.8) is 0 Å². The maximum absolute atomic E-state index is 12.5. The number of alkyl halides is 5. The summed E-state index contributed by atoms with van der Waals surface area (Å²) in [6, 6.07) is 7.86. The van der Waals surface area contributed by atoms with Gasteiger partial charge in [-0.05, 0) is 29.8 Å². The van der Waals surface area contributed by atoms with Crippen LogP contribution in [0.3, 0.4) is 0 Å². The Hall–Kier alpha value is -3.07. The van der Waals surface area contributed by atoms with Gasteiger partial charge in [-0.1, -0.05) is 23.2 Å². The molecular weight excluding hydrogens is 620 g/mol. The number of nitrogens with zero attached hydrogens (tertiary/aromatic N) is 1. The number of carboxylic acids is 2. The topological polar surface area (TPSA) is 126 Å². The van der Waals surface area contributed by atoms with Gasteiger partial charge in [0.1, 0.15) is 47.7 Å². The number of aliphatic hydroxyl groups is 1. The predicted octanol–water partition coefficient (Wildman–Crippen LogP) is 5.18. The molecule has 2 aromatic carbocycles. The fourth-order valence-corrected chi connectivity index (χ4v) is 4.86. The second-order valence-electron chi connectivity index (χ2n) is 9.57. The third-order valence-electron chi connectivity index (χ3n) is 6.40. The monoisotopic (exact) mass is 645 g/mol. The molecule has 3 N–H and O–H groups in total. The van der Waals surface area contributed by atoms with Crippen LogP contribution in [0.5, 0.6) is 17.2 Å². The van der Waals surface area contributed by atoms with Crippen LogP contribution in [-0.2, 0) is 11.2 Å². The Kier molecular flexibility index (Phi) is 11.1. The summed E-state index contributed by atoms with van der Waals surface area (Å²) in [5.41, 5.74) is 0.581. The molecule has 4 rings (SSSR count). The van der Waals surface area contributed by atoms with Gasteiger partial charge in [-0.25, -0.2) is 18.4 Å². The summed E-state index contributed by atoms with van der Waals surface area (Å²) in [6.45, 7) is 0.655. The number of aliphatic carboxylic acids is 1. The summed E-state index contributed by atoms with van der Waals surface area (Å²) in [5, 5.41) is 27.6. The molecule has 2 aromatic rings. The normalized spacial score (nSPS) is 16.7. The number of β-amino-alcohol motifs (C(OH)–C–C–N with tert-alkyl or cyclic N) is 1. The standard InChI is InChI=1S/C24H25Cl2F2NO6.C2HF3O2/c25-15-1-2-19-14(7-15)10-24(35-19)3-5-29(6-4-24)11-16(30)12-33-20-9-21(34-13-22(27)28)18(26)8-17(20)23(31)32;3-2(4,5)1(6)7/h1-2,7-9,16,22,30H,3-6,10-13H2,(H,31,32);(H,6,7)/t16-;/m1./s1. The molecule has 1 fully saturated rings. The zero-order chi connectivity index (χ0) is 31.2.